The highest BCUT2D eigenvalue weighted by Gasteiger charge is 2.30. The molecule has 11 nitrogen and oxygen atoms in total. The summed E-state index contributed by atoms with van der Waals surface area (Å²) in [5.74, 6) is 1.17. The topological polar surface area (TPSA) is 134 Å². The number of fused-ring (bicyclic) bond motifs is 1. The van der Waals surface area contributed by atoms with Gasteiger partial charge in [-0.2, -0.15) is 9.40 Å². The van der Waals surface area contributed by atoms with Crippen LogP contribution in [0.1, 0.15) is 56.1 Å². The van der Waals surface area contributed by atoms with E-state index in [9.17, 15) is 18.0 Å². The molecule has 45 heavy (non-hydrogen) atoms. The summed E-state index contributed by atoms with van der Waals surface area (Å²) in [6.07, 6.45) is 4.63. The van der Waals surface area contributed by atoms with E-state index in [4.69, 9.17) is 5.73 Å². The van der Waals surface area contributed by atoms with Gasteiger partial charge in [0, 0.05) is 51.1 Å². The zero-order valence-electron chi connectivity index (χ0n) is 26.0. The molecule has 3 aliphatic heterocycles. The lowest BCUT2D eigenvalue weighted by molar-refractivity contribution is -0.120. The molecule has 0 bridgehead atoms. The minimum Gasteiger partial charge on any atom is -0.328 e. The van der Waals surface area contributed by atoms with Gasteiger partial charge in [-0.1, -0.05) is 25.1 Å². The lowest BCUT2D eigenvalue weighted by atomic mass is 9.88. The fourth-order valence-corrected chi connectivity index (χ4v) is 8.47. The molecule has 0 spiro atoms. The fraction of sp³-hybridized carbons (Fsp3) is 0.531. The first-order valence-corrected chi connectivity index (χ1v) is 17.2. The monoisotopic (exact) mass is 657 g/mol. The molecule has 1 atom stereocenters. The number of halogens is 1. The fourth-order valence-electron chi connectivity index (χ4n) is 6.93. The van der Waals surface area contributed by atoms with E-state index in [0.29, 0.717) is 55.0 Å². The Bertz CT molecular complexity index is 1650. The molecule has 1 unspecified atom stereocenters. The van der Waals surface area contributed by atoms with E-state index in [0.717, 1.165) is 55.4 Å². The highest BCUT2D eigenvalue weighted by Crippen LogP contribution is 2.34. The number of benzene rings is 2. The summed E-state index contributed by atoms with van der Waals surface area (Å²) >= 11 is 0. The Hall–Kier alpha value is -3.03. The summed E-state index contributed by atoms with van der Waals surface area (Å²) in [5, 5.41) is 7.91. The second-order valence-corrected chi connectivity index (χ2v) is 14.7. The van der Waals surface area contributed by atoms with Gasteiger partial charge in [0.15, 0.2) is 5.82 Å². The van der Waals surface area contributed by atoms with Gasteiger partial charge in [0.1, 0.15) is 0 Å². The Labute approximate surface area is 271 Å². The predicted octanol–water partition coefficient (Wildman–Crippen LogP) is 3.61. The van der Waals surface area contributed by atoms with Crippen molar-refractivity contribution in [2.45, 2.75) is 62.3 Å². The molecule has 13 heteroatoms. The number of rotatable bonds is 8. The average molecular weight is 658 g/mol. The zero-order valence-corrected chi connectivity index (χ0v) is 27.7. The minimum atomic E-state index is -3.50. The van der Waals surface area contributed by atoms with E-state index >= 15 is 0 Å². The molecule has 3 amide bonds. The first-order chi connectivity index (χ1) is 21.1. The number of nitrogens with zero attached hydrogens (tertiary/aromatic N) is 5. The van der Waals surface area contributed by atoms with Gasteiger partial charge < -0.3 is 10.6 Å². The number of anilines is 1. The van der Waals surface area contributed by atoms with Crippen LogP contribution in [0.3, 0.4) is 0 Å². The maximum atomic E-state index is 13.2. The van der Waals surface area contributed by atoms with E-state index < -0.39 is 16.1 Å². The molecule has 0 aliphatic carbocycles. The van der Waals surface area contributed by atoms with Crippen LogP contribution >= 0.6 is 12.4 Å². The highest BCUT2D eigenvalue weighted by molar-refractivity contribution is 7.89. The molecule has 6 rings (SSSR count). The van der Waals surface area contributed by atoms with Crippen LogP contribution in [0.2, 0.25) is 0 Å². The average Bonchev–Trinajstić information content (AvgIpc) is 3.33. The van der Waals surface area contributed by atoms with Crippen LogP contribution in [0.4, 0.5) is 10.6 Å². The number of aryl methyl sites for hydroxylation is 1. The molecule has 1 aromatic heterocycles. The number of nitrogens with two attached hydrogens (primary N) is 1. The van der Waals surface area contributed by atoms with Gasteiger partial charge in [-0.05, 0) is 92.4 Å². The summed E-state index contributed by atoms with van der Waals surface area (Å²) in [6.45, 7) is 6.53. The second kappa shape index (κ2) is 13.8. The highest BCUT2D eigenvalue weighted by atomic mass is 35.5. The number of carbonyl (C=O) groups is 2. The zero-order chi connectivity index (χ0) is 31.0. The summed E-state index contributed by atoms with van der Waals surface area (Å²) in [4.78, 5) is 28.5. The number of hydrogen-bond donors (Lipinski definition) is 2. The molecule has 244 valence electrons. The van der Waals surface area contributed by atoms with E-state index in [2.05, 4.69) is 40.4 Å². The van der Waals surface area contributed by atoms with Crippen LogP contribution in [0.5, 0.6) is 0 Å². The number of aromatic nitrogens is 2. The first kappa shape index (κ1) is 33.3. The number of hydrogen-bond acceptors (Lipinski definition) is 7. The summed E-state index contributed by atoms with van der Waals surface area (Å²) < 4.78 is 29.8. The van der Waals surface area contributed by atoms with Gasteiger partial charge in [0.2, 0.25) is 15.9 Å². The third-order valence-corrected chi connectivity index (χ3v) is 11.3. The van der Waals surface area contributed by atoms with E-state index in [1.54, 1.807) is 15.3 Å². The van der Waals surface area contributed by atoms with Crippen LogP contribution < -0.4 is 16.0 Å². The molecule has 0 saturated carbocycles. The molecular weight excluding hydrogens is 614 g/mol. The number of carbonyl (C=O) groups excluding carboxylic acids is 2. The predicted molar refractivity (Wildman–Crippen MR) is 177 cm³/mol. The quantitative estimate of drug-likeness (QED) is 0.378. The number of urea groups is 1. The van der Waals surface area contributed by atoms with Crippen LogP contribution in [0.15, 0.2) is 47.4 Å². The largest absolute Gasteiger partial charge is 0.329 e. The van der Waals surface area contributed by atoms with Crippen molar-refractivity contribution < 1.29 is 18.0 Å². The third-order valence-electron chi connectivity index (χ3n) is 9.41. The molecule has 3 aliphatic rings. The normalized spacial score (nSPS) is 20.3. The van der Waals surface area contributed by atoms with Gasteiger partial charge in [-0.15, -0.1) is 12.4 Å². The van der Waals surface area contributed by atoms with E-state index in [1.807, 2.05) is 29.9 Å². The number of imide groups is 1. The summed E-state index contributed by atoms with van der Waals surface area (Å²) in [7, 11) is -1.61. The second-order valence-electron chi connectivity index (χ2n) is 12.8. The van der Waals surface area contributed by atoms with Crippen molar-refractivity contribution in [2.75, 3.05) is 44.2 Å². The number of amides is 3. The molecule has 3 N–H and O–H groups in total. The number of piperidine rings is 2. The Morgan fingerprint density at radius 1 is 1.00 bits per heavy atom. The van der Waals surface area contributed by atoms with Crippen molar-refractivity contribution >= 4 is 51.1 Å². The van der Waals surface area contributed by atoms with Crippen molar-refractivity contribution in [3.05, 3.63) is 53.6 Å². The van der Waals surface area contributed by atoms with Crippen LogP contribution in [-0.4, -0.2) is 84.7 Å². The van der Waals surface area contributed by atoms with Crippen molar-refractivity contribution in [1.82, 2.24) is 24.3 Å². The van der Waals surface area contributed by atoms with E-state index in [1.165, 1.54) is 5.56 Å². The van der Waals surface area contributed by atoms with Crippen LogP contribution in [0.25, 0.3) is 10.9 Å². The Morgan fingerprint density at radius 3 is 2.44 bits per heavy atom. The van der Waals surface area contributed by atoms with Crippen LogP contribution in [-0.2, 0) is 28.3 Å². The van der Waals surface area contributed by atoms with Gasteiger partial charge in [-0.25, -0.2) is 13.2 Å². The van der Waals surface area contributed by atoms with Gasteiger partial charge in [0.05, 0.1) is 10.4 Å². The maximum Gasteiger partial charge on any atom is 0.329 e. The van der Waals surface area contributed by atoms with E-state index in [-0.39, 0.29) is 30.8 Å². The van der Waals surface area contributed by atoms with Crippen LogP contribution in [0, 0.1) is 5.92 Å². The standard InChI is InChI=1S/C32H43N7O4S.ClH/c1-22(18-23-4-3-5-27(19-23)44(42,43)38-15-10-26(33)11-16-38)21-37-13-8-24(9-14-37)25-6-7-28-29(20-25)36(2)35-31(28)39-17-12-30(40)34-32(39)41;/h3-7,19-20,22,24,26H,8-18,21,33H2,1-2H3,(H,34,40,41);1H. The molecular formula is C32H44ClN7O4S. The maximum absolute atomic E-state index is 13.2. The Morgan fingerprint density at radius 2 is 1.73 bits per heavy atom. The Balaban J connectivity index is 0.00000400. The summed E-state index contributed by atoms with van der Waals surface area (Å²) in [5.41, 5.74) is 9.30. The molecule has 3 fully saturated rings. The van der Waals surface area contributed by atoms with Gasteiger partial charge in [0.25, 0.3) is 0 Å². The Kier molecular flexibility index (Phi) is 10.2. The number of nitrogens with one attached hydrogen (secondary N) is 1. The first-order valence-electron chi connectivity index (χ1n) is 15.7. The molecule has 4 heterocycles. The number of likely N-dealkylation sites (tertiary alicyclic amines) is 1. The molecule has 2 aromatic carbocycles. The smallest absolute Gasteiger partial charge is 0.328 e. The SMILES string of the molecule is CC(Cc1cccc(S(=O)(=O)N2CCC(N)CC2)c1)CN1CCC(c2ccc3c(N4CCC(=O)NC4=O)nn(C)c3c2)CC1.Cl. The minimum absolute atomic E-state index is 0. The molecule has 3 aromatic rings. The van der Waals surface area contributed by atoms with Crippen molar-refractivity contribution in [1.29, 1.82) is 0 Å². The van der Waals surface area contributed by atoms with Gasteiger partial charge >= 0.3 is 6.03 Å². The summed E-state index contributed by atoms with van der Waals surface area (Å²) in [6, 6.07) is 13.5. The van der Waals surface area contributed by atoms with Crippen molar-refractivity contribution in [3.8, 4) is 0 Å². The molecule has 3 saturated heterocycles. The van der Waals surface area contributed by atoms with Crippen molar-refractivity contribution in [3.63, 3.8) is 0 Å². The molecule has 0 radical (unpaired) electrons. The van der Waals surface area contributed by atoms with Crippen molar-refractivity contribution in [2.24, 2.45) is 18.7 Å². The van der Waals surface area contributed by atoms with Gasteiger partial charge in [-0.3, -0.25) is 19.7 Å². The third kappa shape index (κ3) is 7.20. The lowest BCUT2D eigenvalue weighted by Crippen LogP contribution is -2.49. The number of sulfonamides is 1. The lowest BCUT2D eigenvalue weighted by Gasteiger charge is -2.34.